The molecule has 0 aromatic heterocycles. The molecule has 1 rings (SSSR count). The van der Waals surface area contributed by atoms with Gasteiger partial charge in [-0.05, 0) is 24.1 Å². The van der Waals surface area contributed by atoms with E-state index < -0.39 is 10.8 Å². The molecule has 0 heterocycles. The van der Waals surface area contributed by atoms with Crippen LogP contribution < -0.4 is 0 Å². The van der Waals surface area contributed by atoms with Gasteiger partial charge in [0.2, 0.25) is 0 Å². The first-order valence-electron chi connectivity index (χ1n) is 4.42. The second kappa shape index (κ2) is 6.32. The fraction of sp³-hybridized carbons (Fsp3) is 0.400. The predicted octanol–water partition coefficient (Wildman–Crippen LogP) is 2.08. The standard InChI is InChI=1S/C10H13BrO2S/c11-10-4-2-9(3-5-10)8-14(13)7-1-6-12/h2-5,12H,1,6-8H2. The lowest BCUT2D eigenvalue weighted by molar-refractivity contribution is 0.296. The minimum atomic E-state index is -0.853. The fourth-order valence-corrected chi connectivity index (χ4v) is 2.49. The van der Waals surface area contributed by atoms with Crippen molar-refractivity contribution in [1.29, 1.82) is 0 Å². The first-order valence-corrected chi connectivity index (χ1v) is 6.71. The quantitative estimate of drug-likeness (QED) is 0.894. The molecule has 0 saturated heterocycles. The summed E-state index contributed by atoms with van der Waals surface area (Å²) in [5, 5.41) is 8.58. The van der Waals surface area contributed by atoms with Crippen LogP contribution in [0.5, 0.6) is 0 Å². The Morgan fingerprint density at radius 3 is 2.50 bits per heavy atom. The molecule has 0 radical (unpaired) electrons. The van der Waals surface area contributed by atoms with Gasteiger partial charge in [-0.3, -0.25) is 4.21 Å². The van der Waals surface area contributed by atoms with Gasteiger partial charge in [0.05, 0.1) is 0 Å². The van der Waals surface area contributed by atoms with E-state index in [4.69, 9.17) is 5.11 Å². The van der Waals surface area contributed by atoms with Crippen LogP contribution in [0.2, 0.25) is 0 Å². The highest BCUT2D eigenvalue weighted by Gasteiger charge is 2.00. The Morgan fingerprint density at radius 1 is 1.29 bits per heavy atom. The molecule has 4 heteroatoms. The van der Waals surface area contributed by atoms with Crippen molar-refractivity contribution < 1.29 is 9.32 Å². The Balaban J connectivity index is 2.44. The van der Waals surface area contributed by atoms with Gasteiger partial charge in [-0.15, -0.1) is 0 Å². The Morgan fingerprint density at radius 2 is 1.93 bits per heavy atom. The van der Waals surface area contributed by atoms with Crippen molar-refractivity contribution >= 4 is 26.7 Å². The van der Waals surface area contributed by atoms with Gasteiger partial charge < -0.3 is 5.11 Å². The minimum Gasteiger partial charge on any atom is -0.396 e. The van der Waals surface area contributed by atoms with Crippen molar-refractivity contribution in [1.82, 2.24) is 0 Å². The van der Waals surface area contributed by atoms with E-state index in [1.165, 1.54) is 0 Å². The largest absolute Gasteiger partial charge is 0.396 e. The van der Waals surface area contributed by atoms with E-state index in [1.807, 2.05) is 24.3 Å². The summed E-state index contributed by atoms with van der Waals surface area (Å²) in [7, 11) is -0.853. The highest BCUT2D eigenvalue weighted by molar-refractivity contribution is 9.10. The van der Waals surface area contributed by atoms with Crippen molar-refractivity contribution in [2.75, 3.05) is 12.4 Å². The summed E-state index contributed by atoms with van der Waals surface area (Å²) in [6.45, 7) is 0.117. The Hall–Kier alpha value is -0.190. The molecular weight excluding hydrogens is 264 g/mol. The van der Waals surface area contributed by atoms with Crippen LogP contribution in [0.3, 0.4) is 0 Å². The summed E-state index contributed by atoms with van der Waals surface area (Å²) in [5.41, 5.74) is 1.07. The third kappa shape index (κ3) is 4.35. The molecule has 0 aliphatic carbocycles. The number of benzene rings is 1. The zero-order chi connectivity index (χ0) is 10.4. The SMILES string of the molecule is O=S(CCCO)Cc1ccc(Br)cc1. The molecule has 0 aliphatic heterocycles. The average Bonchev–Trinajstić information content (AvgIpc) is 2.18. The number of rotatable bonds is 5. The minimum absolute atomic E-state index is 0.117. The van der Waals surface area contributed by atoms with E-state index in [-0.39, 0.29) is 6.61 Å². The molecule has 0 amide bonds. The lowest BCUT2D eigenvalue weighted by Crippen LogP contribution is -2.02. The van der Waals surface area contributed by atoms with Crippen LogP contribution in [0.4, 0.5) is 0 Å². The second-order valence-corrected chi connectivity index (χ2v) is 5.48. The van der Waals surface area contributed by atoms with Crippen LogP contribution >= 0.6 is 15.9 Å². The molecule has 0 aliphatic rings. The van der Waals surface area contributed by atoms with Crippen LogP contribution in [0, 0.1) is 0 Å². The topological polar surface area (TPSA) is 37.3 Å². The number of hydrogen-bond donors (Lipinski definition) is 1. The molecule has 14 heavy (non-hydrogen) atoms. The molecule has 1 unspecified atom stereocenters. The predicted molar refractivity (Wildman–Crippen MR) is 62.6 cm³/mol. The van der Waals surface area contributed by atoms with Gasteiger partial charge in [-0.25, -0.2) is 0 Å². The molecule has 0 saturated carbocycles. The van der Waals surface area contributed by atoms with Gasteiger partial charge in [-0.1, -0.05) is 28.1 Å². The summed E-state index contributed by atoms with van der Waals surface area (Å²) in [5.74, 6) is 1.15. The van der Waals surface area contributed by atoms with Crippen LogP contribution in [0.15, 0.2) is 28.7 Å². The van der Waals surface area contributed by atoms with Crippen LogP contribution in [-0.2, 0) is 16.6 Å². The molecule has 1 atom stereocenters. The Bertz CT molecular complexity index is 297. The van der Waals surface area contributed by atoms with Gasteiger partial charge in [0, 0.05) is 33.4 Å². The number of aliphatic hydroxyl groups excluding tert-OH is 1. The second-order valence-electron chi connectivity index (χ2n) is 2.99. The first-order chi connectivity index (χ1) is 6.72. The van der Waals surface area contributed by atoms with Crippen molar-refractivity contribution in [2.24, 2.45) is 0 Å². The van der Waals surface area contributed by atoms with Gasteiger partial charge >= 0.3 is 0 Å². The smallest absolute Gasteiger partial charge is 0.0485 e. The third-order valence-corrected chi connectivity index (χ3v) is 3.70. The molecule has 1 aromatic carbocycles. The highest BCUT2D eigenvalue weighted by Crippen LogP contribution is 2.12. The van der Waals surface area contributed by atoms with Crippen LogP contribution in [0.1, 0.15) is 12.0 Å². The third-order valence-electron chi connectivity index (χ3n) is 1.77. The molecular formula is C10H13BrO2S. The summed E-state index contributed by atoms with van der Waals surface area (Å²) in [6.07, 6.45) is 0.614. The number of hydrogen-bond acceptors (Lipinski definition) is 2. The van der Waals surface area contributed by atoms with Gasteiger partial charge in [0.25, 0.3) is 0 Å². The molecule has 2 nitrogen and oxygen atoms in total. The molecule has 1 N–H and O–H groups in total. The lowest BCUT2D eigenvalue weighted by Gasteiger charge is -2.01. The lowest BCUT2D eigenvalue weighted by atomic mass is 10.2. The van der Waals surface area contributed by atoms with E-state index in [2.05, 4.69) is 15.9 Å². The molecule has 78 valence electrons. The summed E-state index contributed by atoms with van der Waals surface area (Å²) in [6, 6.07) is 7.80. The maximum absolute atomic E-state index is 11.4. The van der Waals surface area contributed by atoms with Crippen LogP contribution in [-0.4, -0.2) is 21.7 Å². The average molecular weight is 277 g/mol. The van der Waals surface area contributed by atoms with E-state index >= 15 is 0 Å². The number of aliphatic hydroxyl groups is 1. The zero-order valence-electron chi connectivity index (χ0n) is 7.78. The Labute approximate surface area is 94.9 Å². The van der Waals surface area contributed by atoms with Crippen molar-refractivity contribution in [2.45, 2.75) is 12.2 Å². The summed E-state index contributed by atoms with van der Waals surface area (Å²) >= 11 is 3.34. The Kier molecular flexibility index (Phi) is 5.37. The van der Waals surface area contributed by atoms with E-state index in [0.29, 0.717) is 17.9 Å². The molecule has 1 aromatic rings. The van der Waals surface area contributed by atoms with Crippen molar-refractivity contribution in [3.63, 3.8) is 0 Å². The maximum atomic E-state index is 11.4. The van der Waals surface area contributed by atoms with E-state index in [9.17, 15) is 4.21 Å². The van der Waals surface area contributed by atoms with Crippen molar-refractivity contribution in [3.05, 3.63) is 34.3 Å². The van der Waals surface area contributed by atoms with Gasteiger partial charge in [0.1, 0.15) is 0 Å². The first kappa shape index (κ1) is 11.9. The monoisotopic (exact) mass is 276 g/mol. The van der Waals surface area contributed by atoms with E-state index in [1.54, 1.807) is 0 Å². The summed E-state index contributed by atoms with van der Waals surface area (Å²) in [4.78, 5) is 0. The van der Waals surface area contributed by atoms with Crippen LogP contribution in [0.25, 0.3) is 0 Å². The van der Waals surface area contributed by atoms with E-state index in [0.717, 1.165) is 10.0 Å². The molecule has 0 spiro atoms. The van der Waals surface area contributed by atoms with Crippen molar-refractivity contribution in [3.8, 4) is 0 Å². The highest BCUT2D eigenvalue weighted by atomic mass is 79.9. The van der Waals surface area contributed by atoms with Gasteiger partial charge in [0.15, 0.2) is 0 Å². The molecule has 0 fully saturated rings. The van der Waals surface area contributed by atoms with Gasteiger partial charge in [-0.2, -0.15) is 0 Å². The zero-order valence-corrected chi connectivity index (χ0v) is 10.2. The normalized spacial score (nSPS) is 12.7. The fourth-order valence-electron chi connectivity index (χ4n) is 1.06. The molecule has 0 bridgehead atoms. The number of halogens is 1. The maximum Gasteiger partial charge on any atom is 0.0485 e. The summed E-state index contributed by atoms with van der Waals surface area (Å²) < 4.78 is 12.5.